The summed E-state index contributed by atoms with van der Waals surface area (Å²) in [5, 5.41) is 0. The van der Waals surface area contributed by atoms with Crippen molar-refractivity contribution in [1.82, 2.24) is 4.31 Å². The SMILES string of the molecule is CN(C)S(=O)(=O)c1ccc2c(c1)CCCN2C(=O)[C@@H]1CC=CCC1. The fraction of sp³-hybridized carbons (Fsp3) is 0.500. The Hall–Kier alpha value is -1.66. The standard InChI is InChI=1S/C18H24N2O3S/c1-19(2)24(22,23)16-10-11-17-15(13-16)9-6-12-20(17)18(21)14-7-4-3-5-8-14/h3-4,10-11,13-14H,5-9,12H2,1-2H3/t14-/m1/s1. The Bertz CT molecular complexity index is 768. The van der Waals surface area contributed by atoms with Crippen molar-refractivity contribution in [2.45, 2.75) is 37.0 Å². The molecule has 0 unspecified atom stereocenters. The number of rotatable bonds is 3. The largest absolute Gasteiger partial charge is 0.312 e. The molecule has 0 radical (unpaired) electrons. The Morgan fingerprint density at radius 2 is 2.04 bits per heavy atom. The van der Waals surface area contributed by atoms with Crippen LogP contribution in [-0.4, -0.2) is 39.3 Å². The predicted octanol–water partition coefficient (Wildman–Crippen LogP) is 2.57. The molecule has 1 aliphatic carbocycles. The molecule has 1 aliphatic heterocycles. The van der Waals surface area contributed by atoms with E-state index in [2.05, 4.69) is 12.2 Å². The highest BCUT2D eigenvalue weighted by Crippen LogP contribution is 2.32. The van der Waals surface area contributed by atoms with Gasteiger partial charge in [0.15, 0.2) is 0 Å². The van der Waals surface area contributed by atoms with Gasteiger partial charge in [-0.1, -0.05) is 12.2 Å². The van der Waals surface area contributed by atoms with E-state index in [1.54, 1.807) is 18.2 Å². The van der Waals surface area contributed by atoms with Gasteiger partial charge in [-0.25, -0.2) is 12.7 Å². The van der Waals surface area contributed by atoms with Crippen LogP contribution in [0.5, 0.6) is 0 Å². The highest BCUT2D eigenvalue weighted by Gasteiger charge is 2.29. The first-order valence-corrected chi connectivity index (χ1v) is 9.87. The monoisotopic (exact) mass is 348 g/mol. The number of allylic oxidation sites excluding steroid dienone is 2. The van der Waals surface area contributed by atoms with E-state index in [1.165, 1.54) is 18.4 Å². The smallest absolute Gasteiger partial charge is 0.242 e. The molecule has 1 aromatic rings. The maximum Gasteiger partial charge on any atom is 0.242 e. The third-order valence-corrected chi connectivity index (χ3v) is 6.64. The summed E-state index contributed by atoms with van der Waals surface area (Å²) in [6.45, 7) is 0.714. The maximum absolute atomic E-state index is 12.9. The second-order valence-corrected chi connectivity index (χ2v) is 8.80. The number of nitrogens with zero attached hydrogens (tertiary/aromatic N) is 2. The van der Waals surface area contributed by atoms with E-state index < -0.39 is 10.0 Å². The van der Waals surface area contributed by atoms with Crippen LogP contribution in [0.25, 0.3) is 0 Å². The third kappa shape index (κ3) is 3.13. The summed E-state index contributed by atoms with van der Waals surface area (Å²) in [5.41, 5.74) is 1.82. The van der Waals surface area contributed by atoms with Crippen molar-refractivity contribution in [1.29, 1.82) is 0 Å². The number of amides is 1. The summed E-state index contributed by atoms with van der Waals surface area (Å²) >= 11 is 0. The quantitative estimate of drug-likeness (QED) is 0.789. The Balaban J connectivity index is 1.91. The molecule has 5 nitrogen and oxygen atoms in total. The van der Waals surface area contributed by atoms with Crippen LogP contribution in [0.4, 0.5) is 5.69 Å². The first-order chi connectivity index (χ1) is 11.4. The first kappa shape index (κ1) is 17.2. The van der Waals surface area contributed by atoms with Crippen molar-refractivity contribution >= 4 is 21.6 Å². The minimum absolute atomic E-state index is 0.0473. The number of anilines is 1. The van der Waals surface area contributed by atoms with Gasteiger partial charge in [-0.05, 0) is 55.9 Å². The Morgan fingerprint density at radius 1 is 1.25 bits per heavy atom. The first-order valence-electron chi connectivity index (χ1n) is 8.43. The molecule has 6 heteroatoms. The zero-order chi connectivity index (χ0) is 17.3. The van der Waals surface area contributed by atoms with Crippen LogP contribution >= 0.6 is 0 Å². The van der Waals surface area contributed by atoms with E-state index in [1.807, 2.05) is 4.90 Å². The fourth-order valence-electron chi connectivity index (χ4n) is 3.41. The summed E-state index contributed by atoms with van der Waals surface area (Å²) in [6, 6.07) is 5.13. The van der Waals surface area contributed by atoms with Gasteiger partial charge < -0.3 is 4.90 Å². The zero-order valence-electron chi connectivity index (χ0n) is 14.2. The lowest BCUT2D eigenvalue weighted by Gasteiger charge is -2.33. The van der Waals surface area contributed by atoms with Gasteiger partial charge in [0, 0.05) is 32.2 Å². The zero-order valence-corrected chi connectivity index (χ0v) is 15.1. The number of aryl methyl sites for hydroxylation is 1. The average Bonchev–Trinajstić information content (AvgIpc) is 2.60. The van der Waals surface area contributed by atoms with Gasteiger partial charge in [-0.3, -0.25) is 4.79 Å². The van der Waals surface area contributed by atoms with E-state index in [9.17, 15) is 13.2 Å². The van der Waals surface area contributed by atoms with Gasteiger partial charge in [0.05, 0.1) is 4.90 Å². The number of carbonyl (C=O) groups is 1. The normalized spacial score (nSPS) is 21.0. The molecule has 0 N–H and O–H groups in total. The van der Waals surface area contributed by atoms with E-state index in [0.717, 1.165) is 43.4 Å². The second kappa shape index (κ2) is 6.69. The topological polar surface area (TPSA) is 57.7 Å². The fourth-order valence-corrected chi connectivity index (χ4v) is 4.36. The molecule has 1 atom stereocenters. The molecular weight excluding hydrogens is 324 g/mol. The molecule has 24 heavy (non-hydrogen) atoms. The average molecular weight is 348 g/mol. The van der Waals surface area contributed by atoms with Crippen molar-refractivity contribution in [2.75, 3.05) is 25.5 Å². The van der Waals surface area contributed by atoms with Crippen LogP contribution in [0.3, 0.4) is 0 Å². The maximum atomic E-state index is 12.9. The number of carbonyl (C=O) groups excluding carboxylic acids is 1. The van der Waals surface area contributed by atoms with Crippen molar-refractivity contribution in [3.63, 3.8) is 0 Å². The lowest BCUT2D eigenvalue weighted by atomic mass is 9.91. The van der Waals surface area contributed by atoms with Crippen molar-refractivity contribution in [2.24, 2.45) is 5.92 Å². The summed E-state index contributed by atoms with van der Waals surface area (Å²) < 4.78 is 25.9. The summed E-state index contributed by atoms with van der Waals surface area (Å²) in [6.07, 6.45) is 8.55. The number of fused-ring (bicyclic) bond motifs is 1. The molecule has 0 spiro atoms. The molecule has 1 aromatic carbocycles. The third-order valence-electron chi connectivity index (χ3n) is 4.83. The molecule has 0 aromatic heterocycles. The van der Waals surface area contributed by atoms with Crippen molar-refractivity contribution in [3.8, 4) is 0 Å². The molecule has 0 fully saturated rings. The van der Waals surface area contributed by atoms with E-state index >= 15 is 0 Å². The van der Waals surface area contributed by atoms with Gasteiger partial charge in [0.1, 0.15) is 0 Å². The van der Waals surface area contributed by atoms with Gasteiger partial charge in [0.2, 0.25) is 15.9 Å². The number of hydrogen-bond donors (Lipinski definition) is 0. The van der Waals surface area contributed by atoms with Gasteiger partial charge in [-0.2, -0.15) is 0 Å². The lowest BCUT2D eigenvalue weighted by molar-refractivity contribution is -0.122. The minimum atomic E-state index is -3.45. The molecule has 0 saturated heterocycles. The van der Waals surface area contributed by atoms with Gasteiger partial charge in [0.25, 0.3) is 0 Å². The lowest BCUT2D eigenvalue weighted by Crippen LogP contribution is -2.40. The van der Waals surface area contributed by atoms with E-state index in [-0.39, 0.29) is 11.8 Å². The Labute approximate surface area is 144 Å². The molecule has 2 aliphatic rings. The Morgan fingerprint density at radius 3 is 2.71 bits per heavy atom. The highest BCUT2D eigenvalue weighted by molar-refractivity contribution is 7.89. The second-order valence-electron chi connectivity index (χ2n) is 6.65. The van der Waals surface area contributed by atoms with Gasteiger partial charge in [-0.15, -0.1) is 0 Å². The number of hydrogen-bond acceptors (Lipinski definition) is 3. The molecular formula is C18H24N2O3S. The highest BCUT2D eigenvalue weighted by atomic mass is 32.2. The summed E-state index contributed by atoms with van der Waals surface area (Å²) in [4.78, 5) is 15.0. The van der Waals surface area contributed by atoms with Gasteiger partial charge >= 0.3 is 0 Å². The molecule has 1 amide bonds. The molecule has 0 saturated carbocycles. The molecule has 130 valence electrons. The van der Waals surface area contributed by atoms with Crippen LogP contribution in [0.2, 0.25) is 0 Å². The predicted molar refractivity (Wildman–Crippen MR) is 94.5 cm³/mol. The van der Waals surface area contributed by atoms with Crippen LogP contribution in [0, 0.1) is 5.92 Å². The molecule has 0 bridgehead atoms. The molecule has 1 heterocycles. The number of benzene rings is 1. The van der Waals surface area contributed by atoms with Crippen LogP contribution in [0.15, 0.2) is 35.2 Å². The minimum Gasteiger partial charge on any atom is -0.312 e. The van der Waals surface area contributed by atoms with E-state index in [0.29, 0.717) is 11.4 Å². The van der Waals surface area contributed by atoms with Crippen LogP contribution < -0.4 is 4.90 Å². The Kier molecular flexibility index (Phi) is 4.78. The van der Waals surface area contributed by atoms with Crippen LogP contribution in [-0.2, 0) is 21.2 Å². The van der Waals surface area contributed by atoms with Crippen molar-refractivity contribution in [3.05, 3.63) is 35.9 Å². The van der Waals surface area contributed by atoms with E-state index in [4.69, 9.17) is 0 Å². The summed E-state index contributed by atoms with van der Waals surface area (Å²) in [7, 11) is -0.390. The van der Waals surface area contributed by atoms with Crippen LogP contribution in [0.1, 0.15) is 31.2 Å². The summed E-state index contributed by atoms with van der Waals surface area (Å²) in [5.74, 6) is 0.217. The number of sulfonamides is 1. The molecule has 3 rings (SSSR count). The van der Waals surface area contributed by atoms with Crippen molar-refractivity contribution < 1.29 is 13.2 Å².